The minimum atomic E-state index is 0.174. The van der Waals surface area contributed by atoms with Gasteiger partial charge in [0.25, 0.3) is 0 Å². The standard InChI is InChI=1S/C13H13BrO2/c14-13-7-2-1-4-10(13)9-16-12-6-3-5-11(15)8-12/h1-2,4,7-8H,3,5-6,9H2. The summed E-state index contributed by atoms with van der Waals surface area (Å²) in [5, 5.41) is 0. The van der Waals surface area contributed by atoms with Crippen molar-refractivity contribution < 1.29 is 9.53 Å². The summed E-state index contributed by atoms with van der Waals surface area (Å²) in [6.07, 6.45) is 4.05. The van der Waals surface area contributed by atoms with Gasteiger partial charge in [0.1, 0.15) is 6.61 Å². The average molecular weight is 281 g/mol. The Balaban J connectivity index is 1.97. The van der Waals surface area contributed by atoms with E-state index in [0.29, 0.717) is 13.0 Å². The van der Waals surface area contributed by atoms with E-state index >= 15 is 0 Å². The minimum absolute atomic E-state index is 0.174. The van der Waals surface area contributed by atoms with Crippen molar-refractivity contribution in [2.24, 2.45) is 0 Å². The van der Waals surface area contributed by atoms with E-state index in [0.717, 1.165) is 28.6 Å². The van der Waals surface area contributed by atoms with Crippen LogP contribution in [-0.2, 0) is 16.1 Å². The van der Waals surface area contributed by atoms with Crippen LogP contribution in [0.25, 0.3) is 0 Å². The molecular weight excluding hydrogens is 268 g/mol. The molecule has 2 rings (SSSR count). The fourth-order valence-corrected chi connectivity index (χ4v) is 2.06. The first-order chi connectivity index (χ1) is 7.75. The van der Waals surface area contributed by atoms with Crippen molar-refractivity contribution in [3.63, 3.8) is 0 Å². The van der Waals surface area contributed by atoms with E-state index in [2.05, 4.69) is 15.9 Å². The summed E-state index contributed by atoms with van der Waals surface area (Å²) in [6.45, 7) is 0.514. The van der Waals surface area contributed by atoms with Crippen LogP contribution in [0.4, 0.5) is 0 Å². The lowest BCUT2D eigenvalue weighted by atomic mass is 10.1. The molecule has 0 unspecified atom stereocenters. The highest BCUT2D eigenvalue weighted by Crippen LogP contribution is 2.21. The van der Waals surface area contributed by atoms with Gasteiger partial charge in [0.05, 0.1) is 5.76 Å². The summed E-state index contributed by atoms with van der Waals surface area (Å²) < 4.78 is 6.67. The summed E-state index contributed by atoms with van der Waals surface area (Å²) in [4.78, 5) is 11.2. The summed E-state index contributed by atoms with van der Waals surface area (Å²) in [5.41, 5.74) is 1.10. The second-order valence-corrected chi connectivity index (χ2v) is 4.66. The summed E-state index contributed by atoms with van der Waals surface area (Å²) in [5.74, 6) is 0.986. The second-order valence-electron chi connectivity index (χ2n) is 3.81. The van der Waals surface area contributed by atoms with Gasteiger partial charge in [-0.25, -0.2) is 0 Å². The first-order valence-corrected chi connectivity index (χ1v) is 6.14. The molecule has 0 aromatic heterocycles. The summed E-state index contributed by atoms with van der Waals surface area (Å²) >= 11 is 3.47. The Labute approximate surface area is 103 Å². The SMILES string of the molecule is O=C1C=C(OCc2ccccc2Br)CCC1. The smallest absolute Gasteiger partial charge is 0.159 e. The molecule has 0 saturated carbocycles. The van der Waals surface area contributed by atoms with E-state index in [1.165, 1.54) is 0 Å². The van der Waals surface area contributed by atoms with Gasteiger partial charge in [-0.05, 0) is 12.5 Å². The molecule has 0 radical (unpaired) electrons. The molecule has 0 spiro atoms. The normalized spacial score (nSPS) is 15.8. The molecule has 1 aromatic carbocycles. The predicted molar refractivity (Wildman–Crippen MR) is 65.9 cm³/mol. The fraction of sp³-hybridized carbons (Fsp3) is 0.308. The minimum Gasteiger partial charge on any atom is -0.493 e. The molecule has 1 aromatic rings. The summed E-state index contributed by atoms with van der Waals surface area (Å²) in [6, 6.07) is 7.94. The van der Waals surface area contributed by atoms with E-state index in [9.17, 15) is 4.79 Å². The highest BCUT2D eigenvalue weighted by Gasteiger charge is 2.11. The Morgan fingerprint density at radius 2 is 2.06 bits per heavy atom. The number of benzene rings is 1. The molecule has 0 N–H and O–H groups in total. The molecule has 0 atom stereocenters. The Morgan fingerprint density at radius 3 is 2.81 bits per heavy atom. The number of carbonyl (C=O) groups excluding carboxylic acids is 1. The van der Waals surface area contributed by atoms with Crippen LogP contribution >= 0.6 is 15.9 Å². The van der Waals surface area contributed by atoms with E-state index in [4.69, 9.17) is 4.74 Å². The third kappa shape index (κ3) is 2.95. The van der Waals surface area contributed by atoms with Crippen molar-refractivity contribution >= 4 is 21.7 Å². The van der Waals surface area contributed by atoms with Gasteiger partial charge in [0, 0.05) is 29.0 Å². The van der Waals surface area contributed by atoms with Crippen molar-refractivity contribution in [3.8, 4) is 0 Å². The molecular formula is C13H13BrO2. The first-order valence-electron chi connectivity index (χ1n) is 5.35. The van der Waals surface area contributed by atoms with Gasteiger partial charge < -0.3 is 4.74 Å². The maximum atomic E-state index is 11.2. The Hall–Kier alpha value is -1.09. The molecule has 0 fully saturated rings. The van der Waals surface area contributed by atoms with Crippen LogP contribution in [0.2, 0.25) is 0 Å². The van der Waals surface area contributed by atoms with Crippen LogP contribution in [0, 0.1) is 0 Å². The van der Waals surface area contributed by atoms with E-state index < -0.39 is 0 Å². The van der Waals surface area contributed by atoms with Gasteiger partial charge >= 0.3 is 0 Å². The lowest BCUT2D eigenvalue weighted by molar-refractivity contribution is -0.115. The molecule has 0 aliphatic heterocycles. The number of hydrogen-bond donors (Lipinski definition) is 0. The molecule has 0 bridgehead atoms. The topological polar surface area (TPSA) is 26.3 Å². The fourth-order valence-electron chi connectivity index (χ4n) is 1.66. The molecule has 3 heteroatoms. The number of carbonyl (C=O) groups is 1. The van der Waals surface area contributed by atoms with Gasteiger partial charge in [-0.1, -0.05) is 34.1 Å². The molecule has 0 heterocycles. The van der Waals surface area contributed by atoms with Crippen molar-refractivity contribution in [1.29, 1.82) is 0 Å². The summed E-state index contributed by atoms with van der Waals surface area (Å²) in [7, 11) is 0. The van der Waals surface area contributed by atoms with Crippen LogP contribution in [-0.4, -0.2) is 5.78 Å². The van der Waals surface area contributed by atoms with Crippen molar-refractivity contribution in [1.82, 2.24) is 0 Å². The zero-order chi connectivity index (χ0) is 11.4. The lowest BCUT2D eigenvalue weighted by Gasteiger charge is -2.14. The maximum Gasteiger partial charge on any atom is 0.159 e. The van der Waals surface area contributed by atoms with Gasteiger partial charge in [0.15, 0.2) is 5.78 Å². The number of allylic oxidation sites excluding steroid dienone is 2. The predicted octanol–water partition coefficient (Wildman–Crippen LogP) is 3.60. The quantitative estimate of drug-likeness (QED) is 0.846. The molecule has 0 saturated heterocycles. The molecule has 16 heavy (non-hydrogen) atoms. The number of ether oxygens (including phenoxy) is 1. The van der Waals surface area contributed by atoms with Gasteiger partial charge in [-0.15, -0.1) is 0 Å². The van der Waals surface area contributed by atoms with Crippen molar-refractivity contribution in [2.45, 2.75) is 25.9 Å². The number of ketones is 1. The second kappa shape index (κ2) is 5.30. The Morgan fingerprint density at radius 1 is 1.25 bits per heavy atom. The van der Waals surface area contributed by atoms with E-state index in [-0.39, 0.29) is 5.78 Å². The molecule has 1 aliphatic carbocycles. The number of hydrogen-bond acceptors (Lipinski definition) is 2. The highest BCUT2D eigenvalue weighted by atomic mass is 79.9. The Bertz CT molecular complexity index is 424. The average Bonchev–Trinajstić information content (AvgIpc) is 2.28. The Kier molecular flexibility index (Phi) is 3.78. The first kappa shape index (κ1) is 11.4. The molecule has 84 valence electrons. The third-order valence-electron chi connectivity index (χ3n) is 2.54. The zero-order valence-corrected chi connectivity index (χ0v) is 10.5. The lowest BCUT2D eigenvalue weighted by Crippen LogP contribution is -2.05. The molecule has 2 nitrogen and oxygen atoms in total. The van der Waals surface area contributed by atoms with E-state index in [1.54, 1.807) is 6.08 Å². The maximum absolute atomic E-state index is 11.2. The number of rotatable bonds is 3. The van der Waals surface area contributed by atoms with E-state index in [1.807, 2.05) is 24.3 Å². The van der Waals surface area contributed by atoms with Crippen LogP contribution in [0.1, 0.15) is 24.8 Å². The molecule has 0 amide bonds. The highest BCUT2D eigenvalue weighted by molar-refractivity contribution is 9.10. The van der Waals surface area contributed by atoms with Gasteiger partial charge in [0.2, 0.25) is 0 Å². The van der Waals surface area contributed by atoms with Crippen LogP contribution in [0.15, 0.2) is 40.6 Å². The zero-order valence-electron chi connectivity index (χ0n) is 8.91. The van der Waals surface area contributed by atoms with Crippen LogP contribution < -0.4 is 0 Å². The third-order valence-corrected chi connectivity index (χ3v) is 3.31. The van der Waals surface area contributed by atoms with Crippen LogP contribution in [0.5, 0.6) is 0 Å². The van der Waals surface area contributed by atoms with Crippen molar-refractivity contribution in [2.75, 3.05) is 0 Å². The van der Waals surface area contributed by atoms with Gasteiger partial charge in [-0.2, -0.15) is 0 Å². The largest absolute Gasteiger partial charge is 0.493 e. The monoisotopic (exact) mass is 280 g/mol. The van der Waals surface area contributed by atoms with Crippen LogP contribution in [0.3, 0.4) is 0 Å². The van der Waals surface area contributed by atoms with Crippen molar-refractivity contribution in [3.05, 3.63) is 46.1 Å². The molecule has 1 aliphatic rings. The van der Waals surface area contributed by atoms with Gasteiger partial charge in [-0.3, -0.25) is 4.79 Å². The number of halogens is 1.